The molecule has 1 N–H and O–H groups in total. The number of para-hydroxylation sites is 2. The lowest BCUT2D eigenvalue weighted by atomic mass is 9.94. The Kier molecular flexibility index (Phi) is 6.20. The summed E-state index contributed by atoms with van der Waals surface area (Å²) in [5.74, 6) is -1.48. The van der Waals surface area contributed by atoms with E-state index in [4.69, 9.17) is 9.47 Å². The number of hydrogen-bond acceptors (Lipinski definition) is 6. The van der Waals surface area contributed by atoms with Crippen LogP contribution in [-0.2, 0) is 9.53 Å². The van der Waals surface area contributed by atoms with Gasteiger partial charge in [0.05, 0.1) is 29.5 Å². The number of methoxy groups -OCH3 is 1. The molecule has 3 amide bonds. The third kappa shape index (κ3) is 4.21. The third-order valence-electron chi connectivity index (χ3n) is 5.81. The molecule has 4 rings (SSSR count). The lowest BCUT2D eigenvalue weighted by Gasteiger charge is -2.29. The first-order chi connectivity index (χ1) is 15.5. The molecule has 1 saturated carbocycles. The number of hydrogen-bond donors (Lipinski definition) is 1. The maximum Gasteiger partial charge on any atom is 0.338 e. The minimum Gasteiger partial charge on any atom is -0.495 e. The first-order valence-corrected chi connectivity index (χ1v) is 10.6. The van der Waals surface area contributed by atoms with Gasteiger partial charge in [0.1, 0.15) is 5.75 Å². The summed E-state index contributed by atoms with van der Waals surface area (Å²) < 4.78 is 10.3. The molecule has 8 nitrogen and oxygen atoms in total. The fraction of sp³-hybridized carbons (Fsp3) is 0.333. The first kappa shape index (κ1) is 21.5. The van der Waals surface area contributed by atoms with Gasteiger partial charge in [-0.2, -0.15) is 0 Å². The molecule has 32 heavy (non-hydrogen) atoms. The Labute approximate surface area is 185 Å². The summed E-state index contributed by atoms with van der Waals surface area (Å²) in [5, 5.41) is 2.62. The van der Waals surface area contributed by atoms with Crippen molar-refractivity contribution >= 4 is 29.4 Å². The Morgan fingerprint density at radius 1 is 1.00 bits per heavy atom. The molecule has 0 spiro atoms. The van der Waals surface area contributed by atoms with Crippen LogP contribution in [0.3, 0.4) is 0 Å². The number of rotatable bonds is 6. The number of carbonyl (C=O) groups excluding carboxylic acids is 4. The van der Waals surface area contributed by atoms with Gasteiger partial charge < -0.3 is 14.8 Å². The molecule has 1 aliphatic carbocycles. The predicted octanol–water partition coefficient (Wildman–Crippen LogP) is 3.42. The fourth-order valence-corrected chi connectivity index (χ4v) is 4.21. The molecule has 166 valence electrons. The minimum absolute atomic E-state index is 0.0924. The number of carbonyl (C=O) groups is 4. The number of nitrogens with zero attached hydrogens (tertiary/aromatic N) is 1. The Morgan fingerprint density at radius 2 is 1.72 bits per heavy atom. The topological polar surface area (TPSA) is 102 Å². The summed E-state index contributed by atoms with van der Waals surface area (Å²) in [7, 11) is 1.49. The highest BCUT2D eigenvalue weighted by molar-refractivity contribution is 6.22. The number of ether oxygens (including phenoxy) is 2. The van der Waals surface area contributed by atoms with Crippen LogP contribution in [0.1, 0.15) is 63.2 Å². The van der Waals surface area contributed by atoms with Crippen LogP contribution in [0.2, 0.25) is 0 Å². The highest BCUT2D eigenvalue weighted by atomic mass is 16.5. The maximum absolute atomic E-state index is 12.9. The molecular formula is C24H24N2O6. The molecule has 0 unspecified atom stereocenters. The molecule has 2 aromatic carbocycles. The predicted molar refractivity (Wildman–Crippen MR) is 116 cm³/mol. The summed E-state index contributed by atoms with van der Waals surface area (Å²) in [6, 6.07) is 11.1. The van der Waals surface area contributed by atoms with Gasteiger partial charge >= 0.3 is 5.97 Å². The van der Waals surface area contributed by atoms with Crippen molar-refractivity contribution in [2.24, 2.45) is 0 Å². The quantitative estimate of drug-likeness (QED) is 0.550. The van der Waals surface area contributed by atoms with Crippen molar-refractivity contribution in [2.75, 3.05) is 19.0 Å². The van der Waals surface area contributed by atoms with Gasteiger partial charge in [0.15, 0.2) is 6.61 Å². The Bertz CT molecular complexity index is 1070. The molecule has 1 aliphatic heterocycles. The molecule has 0 atom stereocenters. The molecule has 1 fully saturated rings. The van der Waals surface area contributed by atoms with E-state index in [2.05, 4.69) is 5.32 Å². The Balaban J connectivity index is 1.41. The van der Waals surface area contributed by atoms with Gasteiger partial charge in [-0.25, -0.2) is 4.79 Å². The van der Waals surface area contributed by atoms with Crippen LogP contribution in [0, 0.1) is 0 Å². The van der Waals surface area contributed by atoms with Crippen molar-refractivity contribution < 1.29 is 28.7 Å². The summed E-state index contributed by atoms with van der Waals surface area (Å²) >= 11 is 0. The van der Waals surface area contributed by atoms with E-state index in [0.29, 0.717) is 17.0 Å². The fourth-order valence-electron chi connectivity index (χ4n) is 4.21. The molecule has 8 heteroatoms. The smallest absolute Gasteiger partial charge is 0.338 e. The van der Waals surface area contributed by atoms with Crippen molar-refractivity contribution in [3.05, 3.63) is 59.2 Å². The zero-order valence-electron chi connectivity index (χ0n) is 17.8. The van der Waals surface area contributed by atoms with E-state index < -0.39 is 18.5 Å². The highest BCUT2D eigenvalue weighted by Crippen LogP contribution is 2.31. The highest BCUT2D eigenvalue weighted by Gasteiger charge is 2.40. The number of imide groups is 1. The summed E-state index contributed by atoms with van der Waals surface area (Å²) in [6.45, 7) is -0.505. The van der Waals surface area contributed by atoms with Gasteiger partial charge in [-0.15, -0.1) is 0 Å². The molecule has 2 aliphatic rings. The van der Waals surface area contributed by atoms with Crippen molar-refractivity contribution in [3.63, 3.8) is 0 Å². The molecule has 0 bridgehead atoms. The first-order valence-electron chi connectivity index (χ1n) is 10.6. The van der Waals surface area contributed by atoms with Crippen molar-refractivity contribution in [1.82, 2.24) is 4.90 Å². The largest absolute Gasteiger partial charge is 0.495 e. The van der Waals surface area contributed by atoms with Crippen molar-refractivity contribution in [2.45, 2.75) is 38.1 Å². The number of benzene rings is 2. The van der Waals surface area contributed by atoms with Crippen LogP contribution in [-0.4, -0.2) is 48.3 Å². The standard InChI is InChI=1S/C24H24N2O6/c1-31-20-10-6-5-9-19(20)25-21(27)14-32-24(30)15-11-12-17-18(13-15)23(29)26(22(17)28)16-7-3-2-4-8-16/h5-6,9-13,16H,2-4,7-8,14H2,1H3,(H,25,27). The van der Waals surface area contributed by atoms with Crippen LogP contribution in [0.4, 0.5) is 5.69 Å². The van der Waals surface area contributed by atoms with E-state index in [1.165, 1.54) is 30.2 Å². The number of fused-ring (bicyclic) bond motifs is 1. The average molecular weight is 436 g/mol. The second kappa shape index (κ2) is 9.21. The Morgan fingerprint density at radius 3 is 2.47 bits per heavy atom. The van der Waals surface area contributed by atoms with Gasteiger partial charge in [0.25, 0.3) is 17.7 Å². The molecule has 0 aromatic heterocycles. The Hall–Kier alpha value is -3.68. The van der Waals surface area contributed by atoms with Crippen molar-refractivity contribution in [1.29, 1.82) is 0 Å². The maximum atomic E-state index is 12.9. The SMILES string of the molecule is COc1ccccc1NC(=O)COC(=O)c1ccc2c(c1)C(=O)N(C1CCCCC1)C2=O. The second-order valence-electron chi connectivity index (χ2n) is 7.86. The number of amides is 3. The van der Waals surface area contributed by atoms with Gasteiger partial charge in [0, 0.05) is 6.04 Å². The lowest BCUT2D eigenvalue weighted by molar-refractivity contribution is -0.119. The van der Waals surface area contributed by atoms with Gasteiger partial charge in [-0.1, -0.05) is 31.4 Å². The van der Waals surface area contributed by atoms with E-state index in [-0.39, 0.29) is 29.0 Å². The van der Waals surface area contributed by atoms with Crippen LogP contribution in [0.15, 0.2) is 42.5 Å². The second-order valence-corrected chi connectivity index (χ2v) is 7.86. The van der Waals surface area contributed by atoms with E-state index in [0.717, 1.165) is 32.1 Å². The van der Waals surface area contributed by atoms with E-state index >= 15 is 0 Å². The zero-order chi connectivity index (χ0) is 22.7. The number of anilines is 1. The van der Waals surface area contributed by atoms with Crippen LogP contribution in [0.25, 0.3) is 0 Å². The van der Waals surface area contributed by atoms with Gasteiger partial charge in [-0.3, -0.25) is 19.3 Å². The zero-order valence-corrected chi connectivity index (χ0v) is 17.8. The molecule has 0 saturated heterocycles. The molecule has 0 radical (unpaired) electrons. The third-order valence-corrected chi connectivity index (χ3v) is 5.81. The number of nitrogens with one attached hydrogen (secondary N) is 1. The normalized spacial score (nSPS) is 16.0. The van der Waals surface area contributed by atoms with E-state index in [1.54, 1.807) is 24.3 Å². The van der Waals surface area contributed by atoms with Crippen molar-refractivity contribution in [3.8, 4) is 5.75 Å². The summed E-state index contributed by atoms with van der Waals surface area (Å²) in [6.07, 6.45) is 4.71. The van der Waals surface area contributed by atoms with Crippen LogP contribution >= 0.6 is 0 Å². The van der Waals surface area contributed by atoms with Gasteiger partial charge in [-0.05, 0) is 43.2 Å². The minimum atomic E-state index is -0.751. The van der Waals surface area contributed by atoms with Gasteiger partial charge in [0.2, 0.25) is 0 Å². The number of esters is 1. The monoisotopic (exact) mass is 436 g/mol. The average Bonchev–Trinajstić information content (AvgIpc) is 3.07. The molecular weight excluding hydrogens is 412 g/mol. The lowest BCUT2D eigenvalue weighted by Crippen LogP contribution is -2.40. The van der Waals surface area contributed by atoms with E-state index in [1.807, 2.05) is 0 Å². The summed E-state index contributed by atoms with van der Waals surface area (Å²) in [5.41, 5.74) is 1.07. The van der Waals surface area contributed by atoms with Crippen LogP contribution in [0.5, 0.6) is 5.75 Å². The molecule has 2 aromatic rings. The molecule has 1 heterocycles. The van der Waals surface area contributed by atoms with E-state index in [9.17, 15) is 19.2 Å². The van der Waals surface area contributed by atoms with Crippen LogP contribution < -0.4 is 10.1 Å². The summed E-state index contributed by atoms with van der Waals surface area (Å²) in [4.78, 5) is 51.6.